The first kappa shape index (κ1) is 15.3. The molecule has 2 aromatic rings. The summed E-state index contributed by atoms with van der Waals surface area (Å²) in [6.07, 6.45) is 1.71. The molecule has 0 atom stereocenters. The van der Waals surface area contributed by atoms with Crippen molar-refractivity contribution in [1.82, 2.24) is 19.5 Å². The molecule has 114 valence electrons. The molecular weight excluding hydrogens is 304 g/mol. The minimum Gasteiger partial charge on any atom is -0.396 e. The zero-order valence-electron chi connectivity index (χ0n) is 11.0. The maximum atomic E-state index is 13.5. The third-order valence-electron chi connectivity index (χ3n) is 2.63. The van der Waals surface area contributed by atoms with E-state index in [9.17, 15) is 17.2 Å². The molecule has 21 heavy (non-hydrogen) atoms. The van der Waals surface area contributed by atoms with Gasteiger partial charge in [0, 0.05) is 26.1 Å². The molecule has 0 aliphatic heterocycles. The normalized spacial score (nSPS) is 11.8. The third kappa shape index (κ3) is 3.52. The standard InChI is InChI=1S/C11H13F2N5O2S/c1-18-6-15-11(17-18)2-3-16-21(19,20)10-5-9(14)7(12)4-8(10)13/h4-6,16H,2-3,14H2,1H3. The predicted octanol–water partition coefficient (Wildman–Crippen LogP) is 0.197. The number of hydrogen-bond donors (Lipinski definition) is 2. The molecule has 0 aliphatic rings. The van der Waals surface area contributed by atoms with Crippen LogP contribution in [0.25, 0.3) is 0 Å². The van der Waals surface area contributed by atoms with Crippen molar-refractivity contribution < 1.29 is 17.2 Å². The number of hydrogen-bond acceptors (Lipinski definition) is 5. The average Bonchev–Trinajstić information content (AvgIpc) is 2.79. The number of halogens is 2. The van der Waals surface area contributed by atoms with E-state index in [0.717, 1.165) is 6.07 Å². The minimum absolute atomic E-state index is 0.0247. The number of nitrogens with two attached hydrogens (primary N) is 1. The summed E-state index contributed by atoms with van der Waals surface area (Å²) in [4.78, 5) is 3.23. The van der Waals surface area contributed by atoms with Crippen LogP contribution in [0.2, 0.25) is 0 Å². The number of sulfonamides is 1. The molecule has 0 saturated heterocycles. The smallest absolute Gasteiger partial charge is 0.243 e. The lowest BCUT2D eigenvalue weighted by Crippen LogP contribution is -2.27. The first-order chi connectivity index (χ1) is 9.79. The zero-order valence-corrected chi connectivity index (χ0v) is 11.9. The van der Waals surface area contributed by atoms with Gasteiger partial charge < -0.3 is 5.73 Å². The van der Waals surface area contributed by atoms with E-state index in [0.29, 0.717) is 11.9 Å². The fourth-order valence-corrected chi connectivity index (χ4v) is 2.75. The van der Waals surface area contributed by atoms with Gasteiger partial charge in [0.2, 0.25) is 10.0 Å². The van der Waals surface area contributed by atoms with Gasteiger partial charge in [0.15, 0.2) is 5.82 Å². The van der Waals surface area contributed by atoms with E-state index in [-0.39, 0.29) is 13.0 Å². The van der Waals surface area contributed by atoms with Crippen LogP contribution in [0.4, 0.5) is 14.5 Å². The first-order valence-electron chi connectivity index (χ1n) is 5.88. The van der Waals surface area contributed by atoms with E-state index < -0.39 is 32.2 Å². The molecule has 10 heteroatoms. The van der Waals surface area contributed by atoms with Crippen molar-refractivity contribution in [2.24, 2.45) is 7.05 Å². The van der Waals surface area contributed by atoms with Gasteiger partial charge in [0.1, 0.15) is 22.9 Å². The fraction of sp³-hybridized carbons (Fsp3) is 0.273. The van der Waals surface area contributed by atoms with Crippen molar-refractivity contribution in [3.63, 3.8) is 0 Å². The Bertz CT molecular complexity index is 760. The summed E-state index contributed by atoms with van der Waals surface area (Å²) >= 11 is 0. The van der Waals surface area contributed by atoms with Crippen molar-refractivity contribution in [3.05, 3.63) is 35.9 Å². The lowest BCUT2D eigenvalue weighted by molar-refractivity contribution is 0.544. The lowest BCUT2D eigenvalue weighted by Gasteiger charge is -2.08. The molecule has 1 heterocycles. The Kier molecular flexibility index (Phi) is 4.19. The van der Waals surface area contributed by atoms with E-state index in [1.54, 1.807) is 7.05 Å². The molecule has 0 fully saturated rings. The van der Waals surface area contributed by atoms with Gasteiger partial charge in [-0.25, -0.2) is 26.9 Å². The maximum Gasteiger partial charge on any atom is 0.243 e. The van der Waals surface area contributed by atoms with Crippen molar-refractivity contribution >= 4 is 15.7 Å². The van der Waals surface area contributed by atoms with Gasteiger partial charge in [-0.1, -0.05) is 0 Å². The van der Waals surface area contributed by atoms with Gasteiger partial charge in [-0.2, -0.15) is 5.10 Å². The average molecular weight is 317 g/mol. The van der Waals surface area contributed by atoms with Gasteiger partial charge in [0.25, 0.3) is 0 Å². The van der Waals surface area contributed by atoms with Crippen LogP contribution in [-0.2, 0) is 23.5 Å². The van der Waals surface area contributed by atoms with Crippen molar-refractivity contribution in [3.8, 4) is 0 Å². The topological polar surface area (TPSA) is 103 Å². The summed E-state index contributed by atoms with van der Waals surface area (Å²) in [6, 6.07) is 1.18. The van der Waals surface area contributed by atoms with E-state index in [4.69, 9.17) is 5.73 Å². The number of aromatic nitrogens is 3. The van der Waals surface area contributed by atoms with Crippen molar-refractivity contribution in [1.29, 1.82) is 0 Å². The van der Waals surface area contributed by atoms with Gasteiger partial charge in [0.05, 0.1) is 5.69 Å². The molecule has 0 amide bonds. The Labute approximate surface area is 119 Å². The molecule has 0 spiro atoms. The molecule has 2 rings (SSSR count). The lowest BCUT2D eigenvalue weighted by atomic mass is 10.3. The van der Waals surface area contributed by atoms with Gasteiger partial charge in [-0.15, -0.1) is 0 Å². The number of benzene rings is 1. The Morgan fingerprint density at radius 2 is 2.05 bits per heavy atom. The Balaban J connectivity index is 2.10. The Morgan fingerprint density at radius 3 is 2.67 bits per heavy atom. The molecule has 3 N–H and O–H groups in total. The highest BCUT2D eigenvalue weighted by atomic mass is 32.2. The summed E-state index contributed by atoms with van der Waals surface area (Å²) in [6.45, 7) is -0.0247. The minimum atomic E-state index is -4.13. The van der Waals surface area contributed by atoms with Crippen molar-refractivity contribution in [2.75, 3.05) is 12.3 Å². The summed E-state index contributed by atoms with van der Waals surface area (Å²) in [5, 5.41) is 3.97. The molecular formula is C11H13F2N5O2S. The van der Waals surface area contributed by atoms with Gasteiger partial charge in [-0.3, -0.25) is 4.68 Å². The Morgan fingerprint density at radius 1 is 1.33 bits per heavy atom. The quantitative estimate of drug-likeness (QED) is 0.767. The van der Waals surface area contributed by atoms with E-state index in [1.807, 2.05) is 0 Å². The van der Waals surface area contributed by atoms with E-state index >= 15 is 0 Å². The third-order valence-corrected chi connectivity index (χ3v) is 4.10. The zero-order chi connectivity index (χ0) is 15.6. The van der Waals surface area contributed by atoms with Crippen LogP contribution < -0.4 is 10.5 Å². The second-order valence-corrected chi connectivity index (χ2v) is 6.02. The molecule has 0 unspecified atom stereocenters. The highest BCUT2D eigenvalue weighted by Crippen LogP contribution is 2.20. The maximum absolute atomic E-state index is 13.5. The monoisotopic (exact) mass is 317 g/mol. The highest BCUT2D eigenvalue weighted by Gasteiger charge is 2.21. The number of nitrogens with one attached hydrogen (secondary N) is 1. The van der Waals surface area contributed by atoms with Crippen LogP contribution in [0.1, 0.15) is 5.82 Å². The summed E-state index contributed by atoms with van der Waals surface area (Å²) in [5.41, 5.74) is 4.81. The molecule has 0 aliphatic carbocycles. The molecule has 0 radical (unpaired) electrons. The molecule has 0 bridgehead atoms. The number of rotatable bonds is 5. The van der Waals surface area contributed by atoms with Crippen LogP contribution in [0.15, 0.2) is 23.4 Å². The largest absolute Gasteiger partial charge is 0.396 e. The number of nitrogens with zero attached hydrogens (tertiary/aromatic N) is 3. The SMILES string of the molecule is Cn1cnc(CCNS(=O)(=O)c2cc(N)c(F)cc2F)n1. The summed E-state index contributed by atoms with van der Waals surface area (Å²) < 4.78 is 54.1. The second-order valence-electron chi connectivity index (χ2n) is 4.29. The number of nitrogen functional groups attached to an aromatic ring is 1. The van der Waals surface area contributed by atoms with E-state index in [1.165, 1.54) is 11.0 Å². The van der Waals surface area contributed by atoms with Crippen molar-refractivity contribution in [2.45, 2.75) is 11.3 Å². The molecule has 0 saturated carbocycles. The van der Waals surface area contributed by atoms with Crippen LogP contribution >= 0.6 is 0 Å². The highest BCUT2D eigenvalue weighted by molar-refractivity contribution is 7.89. The second kappa shape index (κ2) is 5.74. The fourth-order valence-electron chi connectivity index (χ4n) is 1.62. The number of aryl methyl sites for hydroxylation is 1. The summed E-state index contributed by atoms with van der Waals surface area (Å²) in [5.74, 6) is -1.77. The number of anilines is 1. The Hall–Kier alpha value is -2.07. The molecule has 1 aromatic heterocycles. The predicted molar refractivity (Wildman–Crippen MR) is 70.7 cm³/mol. The molecule has 7 nitrogen and oxygen atoms in total. The first-order valence-corrected chi connectivity index (χ1v) is 7.36. The van der Waals surface area contributed by atoms with E-state index in [2.05, 4.69) is 14.8 Å². The van der Waals surface area contributed by atoms with Gasteiger partial charge in [-0.05, 0) is 6.07 Å². The van der Waals surface area contributed by atoms with Crippen LogP contribution in [0.5, 0.6) is 0 Å². The van der Waals surface area contributed by atoms with Gasteiger partial charge >= 0.3 is 0 Å². The summed E-state index contributed by atoms with van der Waals surface area (Å²) in [7, 11) is -2.45. The van der Waals surface area contributed by atoms with Crippen LogP contribution in [-0.4, -0.2) is 29.7 Å². The van der Waals surface area contributed by atoms with Crippen LogP contribution in [0.3, 0.4) is 0 Å². The van der Waals surface area contributed by atoms with Crippen LogP contribution in [0, 0.1) is 11.6 Å². The molecule has 1 aromatic carbocycles.